The topological polar surface area (TPSA) is 13.0 Å². The van der Waals surface area contributed by atoms with Crippen molar-refractivity contribution >= 4 is 111 Å². The summed E-state index contributed by atoms with van der Waals surface area (Å²) in [4.78, 5) is 9.79. The van der Waals surface area contributed by atoms with Crippen LogP contribution < -0.4 is 19.6 Å². The van der Waals surface area contributed by atoms with Crippen LogP contribution >= 0.6 is 0 Å². The third-order valence-electron chi connectivity index (χ3n) is 22.4. The number of nitrogens with zero attached hydrogens (tertiary/aromatic N) is 4. The molecule has 2 aliphatic rings. The molecular weight excluding hydrogens is 1290 g/mol. The van der Waals surface area contributed by atoms with E-state index in [1.807, 2.05) is 0 Å². The van der Waals surface area contributed by atoms with Crippen LogP contribution in [0, 0.1) is 13.8 Å². The van der Waals surface area contributed by atoms with Gasteiger partial charge in [0.2, 0.25) is 0 Å². The van der Waals surface area contributed by atoms with Crippen molar-refractivity contribution in [3.63, 3.8) is 0 Å². The maximum absolute atomic E-state index is 2.52. The number of para-hydroxylation sites is 3. The molecule has 0 heterocycles. The smallest absolute Gasteiger partial charge is 0.0727 e. The number of benzene rings is 18. The summed E-state index contributed by atoms with van der Waals surface area (Å²) >= 11 is 0. The van der Waals surface area contributed by atoms with E-state index in [0.29, 0.717) is 0 Å². The summed E-state index contributed by atoms with van der Waals surface area (Å²) in [5, 5.41) is 9.50. The van der Waals surface area contributed by atoms with Crippen LogP contribution in [-0.4, -0.2) is 0 Å². The van der Waals surface area contributed by atoms with Gasteiger partial charge in [0.05, 0.1) is 28.2 Å². The molecule has 0 saturated heterocycles. The van der Waals surface area contributed by atoms with Crippen molar-refractivity contribution in [2.75, 3.05) is 19.6 Å². The summed E-state index contributed by atoms with van der Waals surface area (Å²) in [7, 11) is 0. The zero-order valence-electron chi connectivity index (χ0n) is 59.4. The van der Waals surface area contributed by atoms with Gasteiger partial charge in [-0.25, -0.2) is 0 Å². The van der Waals surface area contributed by atoms with E-state index >= 15 is 0 Å². The monoisotopic (exact) mass is 1360 g/mol. The molecule has 0 radical (unpaired) electrons. The molecule has 18 aromatic rings. The van der Waals surface area contributed by atoms with Crippen LogP contribution in [0.1, 0.15) is 33.4 Å². The minimum Gasteiger partial charge on any atom is -0.310 e. The SMILES string of the molecule is Cc1cc(N(c2ccccc2)c2cccc3ccccc23)ccc1-c1ccc(N(c2cccc(-c3cccc4c(N(c5ccccc5)c5ccc6c(c5)C5(c7ccccc7-c7ccccc75)c5cc(N(c7ccccc7)c7cccc8ccccc78)ccc5-6)cccc34)c2)c2cccc3ccccc23)cc1C. The molecule has 0 unspecified atom stereocenters. The highest BCUT2D eigenvalue weighted by Gasteiger charge is 2.52. The lowest BCUT2D eigenvalue weighted by molar-refractivity contribution is 0.793. The first-order valence-corrected chi connectivity index (χ1v) is 37.0. The minimum atomic E-state index is -0.651. The molecule has 0 aliphatic heterocycles. The molecule has 0 saturated carbocycles. The Hall–Kier alpha value is -13.8. The normalized spacial score (nSPS) is 12.3. The molecule has 0 fully saturated rings. The van der Waals surface area contributed by atoms with E-state index in [0.717, 1.165) is 90.1 Å². The maximum Gasteiger partial charge on any atom is 0.0727 e. The molecule has 4 nitrogen and oxygen atoms in total. The average molecular weight is 1370 g/mol. The van der Waals surface area contributed by atoms with Crippen molar-refractivity contribution in [2.45, 2.75) is 19.3 Å². The Morgan fingerprint density at radius 1 is 0.178 bits per heavy atom. The van der Waals surface area contributed by atoms with Gasteiger partial charge < -0.3 is 19.6 Å². The van der Waals surface area contributed by atoms with Gasteiger partial charge >= 0.3 is 0 Å². The zero-order chi connectivity index (χ0) is 71.1. The number of hydrogen-bond acceptors (Lipinski definition) is 4. The van der Waals surface area contributed by atoms with Gasteiger partial charge in [0, 0.05) is 67.0 Å². The van der Waals surface area contributed by atoms with Crippen molar-refractivity contribution in [3.8, 4) is 44.5 Å². The zero-order valence-corrected chi connectivity index (χ0v) is 59.4. The van der Waals surface area contributed by atoms with Crippen LogP contribution in [-0.2, 0) is 5.41 Å². The van der Waals surface area contributed by atoms with Gasteiger partial charge in [-0.1, -0.05) is 279 Å². The second-order valence-electron chi connectivity index (χ2n) is 28.4. The molecule has 4 heteroatoms. The first-order valence-electron chi connectivity index (χ1n) is 37.0. The minimum absolute atomic E-state index is 0.651. The second-order valence-corrected chi connectivity index (χ2v) is 28.4. The summed E-state index contributed by atoms with van der Waals surface area (Å²) < 4.78 is 0. The average Bonchev–Trinajstić information content (AvgIpc) is 1.48. The molecule has 20 rings (SSSR count). The Labute approximate surface area is 624 Å². The van der Waals surface area contributed by atoms with Crippen LogP contribution in [0.5, 0.6) is 0 Å². The van der Waals surface area contributed by atoms with E-state index in [9.17, 15) is 0 Å². The molecule has 0 aromatic heterocycles. The standard InChI is InChI=1S/C103H72N4/c1-69-64-79(104(75-35-6-3-7-36-75)99-52-23-31-71-28-12-15-42-86(71)99)56-60-83(69)84-61-57-80(65-70(84)2)107(101-54-25-33-73-30-14-17-44-88(73)101)78-41-22-34-74(66-78)85-47-26-49-94-89(85)48-27-55-102(94)106(77-39-10-5-11-40-77)82-59-63-93-92-62-58-81(105(76-37-8-4-9-38-76)100-53-24-32-72-29-13-16-43-87(72)100)67-97(92)103(98(93)68-82)95-50-20-18-45-90(95)91-46-19-21-51-96(91)103/h3-68H,1-2H3. The van der Waals surface area contributed by atoms with Gasteiger partial charge in [0.1, 0.15) is 0 Å². The Morgan fingerprint density at radius 3 is 0.916 bits per heavy atom. The Bertz CT molecular complexity index is 6460. The number of fused-ring (bicyclic) bond motifs is 14. The number of rotatable bonds is 14. The Morgan fingerprint density at radius 2 is 0.467 bits per heavy atom. The fraction of sp³-hybridized carbons (Fsp3) is 0.0291. The van der Waals surface area contributed by atoms with Gasteiger partial charge in [0.25, 0.3) is 0 Å². The van der Waals surface area contributed by atoms with E-state index in [4.69, 9.17) is 0 Å². The van der Waals surface area contributed by atoms with Crippen LogP contribution in [0.3, 0.4) is 0 Å². The maximum atomic E-state index is 2.52. The molecule has 0 amide bonds. The van der Waals surface area contributed by atoms with Gasteiger partial charge in [-0.3, -0.25) is 0 Å². The quantitative estimate of drug-likeness (QED) is 0.108. The molecule has 107 heavy (non-hydrogen) atoms. The lowest BCUT2D eigenvalue weighted by Crippen LogP contribution is -2.26. The van der Waals surface area contributed by atoms with E-state index in [1.54, 1.807) is 0 Å². The van der Waals surface area contributed by atoms with E-state index in [-0.39, 0.29) is 0 Å². The van der Waals surface area contributed by atoms with Crippen molar-refractivity contribution in [3.05, 3.63) is 434 Å². The molecule has 504 valence electrons. The van der Waals surface area contributed by atoms with Crippen molar-refractivity contribution in [1.82, 2.24) is 0 Å². The fourth-order valence-corrected chi connectivity index (χ4v) is 17.8. The van der Waals surface area contributed by atoms with Crippen LogP contribution in [0.2, 0.25) is 0 Å². The van der Waals surface area contributed by atoms with Crippen LogP contribution in [0.25, 0.3) is 87.6 Å². The molecule has 0 N–H and O–H groups in total. The summed E-state index contributed by atoms with van der Waals surface area (Å²) in [6.45, 7) is 4.51. The summed E-state index contributed by atoms with van der Waals surface area (Å²) in [6.07, 6.45) is 0. The Kier molecular flexibility index (Phi) is 15.2. The predicted octanol–water partition coefficient (Wildman–Crippen LogP) is 28.5. The lowest BCUT2D eigenvalue weighted by atomic mass is 9.70. The highest BCUT2D eigenvalue weighted by molar-refractivity contribution is 6.08. The molecule has 0 atom stereocenters. The summed E-state index contributed by atoms with van der Waals surface area (Å²) in [6, 6.07) is 148. The van der Waals surface area contributed by atoms with Gasteiger partial charge in [-0.05, 0) is 235 Å². The predicted molar refractivity (Wildman–Crippen MR) is 452 cm³/mol. The highest BCUT2D eigenvalue weighted by atomic mass is 15.2. The first kappa shape index (κ1) is 62.9. The van der Waals surface area contributed by atoms with Gasteiger partial charge in [-0.2, -0.15) is 0 Å². The van der Waals surface area contributed by atoms with Crippen molar-refractivity contribution in [1.29, 1.82) is 0 Å². The summed E-state index contributed by atoms with van der Waals surface area (Å²) in [5.74, 6) is 0. The van der Waals surface area contributed by atoms with Crippen LogP contribution in [0.15, 0.2) is 400 Å². The van der Waals surface area contributed by atoms with E-state index < -0.39 is 5.41 Å². The molecule has 1 spiro atoms. The highest BCUT2D eigenvalue weighted by Crippen LogP contribution is 2.64. The molecule has 18 aromatic carbocycles. The number of aryl methyl sites for hydroxylation is 2. The molecular formula is C103H72N4. The van der Waals surface area contributed by atoms with E-state index in [1.165, 1.54) is 99.1 Å². The van der Waals surface area contributed by atoms with E-state index in [2.05, 4.69) is 434 Å². The third kappa shape index (κ3) is 10.4. The van der Waals surface area contributed by atoms with Crippen molar-refractivity contribution < 1.29 is 0 Å². The van der Waals surface area contributed by atoms with Gasteiger partial charge in [-0.15, -0.1) is 0 Å². The van der Waals surface area contributed by atoms with Gasteiger partial charge in [0.15, 0.2) is 0 Å². The lowest BCUT2D eigenvalue weighted by Gasteiger charge is -2.33. The molecule has 0 bridgehead atoms. The number of anilines is 12. The van der Waals surface area contributed by atoms with Crippen LogP contribution in [0.4, 0.5) is 68.2 Å². The fourth-order valence-electron chi connectivity index (χ4n) is 17.8. The van der Waals surface area contributed by atoms with Crippen molar-refractivity contribution in [2.24, 2.45) is 0 Å². The summed E-state index contributed by atoms with van der Waals surface area (Å²) in [5.41, 5.74) is 29.8. The second kappa shape index (κ2) is 25.9. The largest absolute Gasteiger partial charge is 0.310 e. The number of hydrogen-bond donors (Lipinski definition) is 0. The first-order chi connectivity index (χ1) is 52.9. The third-order valence-corrected chi connectivity index (χ3v) is 22.4. The molecule has 2 aliphatic carbocycles. The Balaban J connectivity index is 0.703.